The molecular weight excluding hydrogens is 542 g/mol. The molecule has 0 aliphatic carbocycles. The maximum atomic E-state index is 12.8. The zero-order valence-corrected chi connectivity index (χ0v) is 22.2. The molecule has 40 heavy (non-hydrogen) atoms. The minimum Gasteiger partial charge on any atom is -0.347 e. The number of imidazole rings is 1. The van der Waals surface area contributed by atoms with Gasteiger partial charge in [0.15, 0.2) is 23.2 Å². The topological polar surface area (TPSA) is 153 Å². The van der Waals surface area contributed by atoms with Crippen molar-refractivity contribution in [2.24, 2.45) is 0 Å². The fourth-order valence-electron chi connectivity index (χ4n) is 4.60. The first-order chi connectivity index (χ1) is 19.3. The molecule has 4 heterocycles. The molecule has 1 unspecified atom stereocenters. The van der Waals surface area contributed by atoms with Gasteiger partial charge < -0.3 is 24.3 Å². The molecule has 2 aliphatic heterocycles. The van der Waals surface area contributed by atoms with Crippen LogP contribution in [-0.2, 0) is 33.2 Å². The third-order valence-electron chi connectivity index (χ3n) is 6.61. The maximum Gasteiger partial charge on any atom is 0.297 e. The van der Waals surface area contributed by atoms with Crippen LogP contribution < -0.4 is 5.32 Å². The highest BCUT2D eigenvalue weighted by atomic mass is 32.2. The van der Waals surface area contributed by atoms with E-state index in [4.69, 9.17) is 23.1 Å². The normalized spacial score (nSPS) is 24.3. The van der Waals surface area contributed by atoms with Crippen LogP contribution in [-0.4, -0.2) is 72.3 Å². The number of hydrogen-bond acceptors (Lipinski definition) is 11. The van der Waals surface area contributed by atoms with Crippen LogP contribution in [0.4, 0.5) is 5.82 Å². The van der Waals surface area contributed by atoms with Crippen molar-refractivity contribution in [2.75, 3.05) is 19.0 Å². The van der Waals surface area contributed by atoms with E-state index in [0.717, 1.165) is 5.56 Å². The summed E-state index contributed by atoms with van der Waals surface area (Å²) in [6, 6.07) is 15.0. The lowest BCUT2D eigenvalue weighted by Gasteiger charge is -2.20. The summed E-state index contributed by atoms with van der Waals surface area (Å²) >= 11 is 0. The van der Waals surface area contributed by atoms with E-state index >= 15 is 0 Å². The van der Waals surface area contributed by atoms with Crippen LogP contribution in [0.1, 0.15) is 22.1 Å². The lowest BCUT2D eigenvalue weighted by Crippen LogP contribution is -2.32. The second-order valence-electron chi connectivity index (χ2n) is 9.21. The highest BCUT2D eigenvalue weighted by Gasteiger charge is 2.54. The number of benzene rings is 2. The molecule has 2 aliphatic rings. The predicted molar refractivity (Wildman–Crippen MR) is 138 cm³/mol. The van der Waals surface area contributed by atoms with Crippen molar-refractivity contribution < 1.29 is 36.3 Å². The summed E-state index contributed by atoms with van der Waals surface area (Å²) in [6.07, 6.45) is -0.276. The Morgan fingerprint density at radius 3 is 2.50 bits per heavy atom. The average Bonchev–Trinajstić information content (AvgIpc) is 3.67. The lowest BCUT2D eigenvalue weighted by atomic mass is 10.1. The van der Waals surface area contributed by atoms with Gasteiger partial charge in [-0.15, -0.1) is 0 Å². The van der Waals surface area contributed by atoms with Crippen LogP contribution in [0.2, 0.25) is 0 Å². The van der Waals surface area contributed by atoms with E-state index < -0.39 is 41.1 Å². The molecule has 0 saturated carbocycles. The summed E-state index contributed by atoms with van der Waals surface area (Å²) in [5, 5.41) is 2.76. The number of aryl methyl sites for hydroxylation is 1. The highest BCUT2D eigenvalue weighted by Crippen LogP contribution is 2.41. The van der Waals surface area contributed by atoms with E-state index in [1.54, 1.807) is 41.0 Å². The van der Waals surface area contributed by atoms with E-state index in [1.807, 2.05) is 13.0 Å². The lowest BCUT2D eigenvalue weighted by molar-refractivity contribution is -0.256. The summed E-state index contributed by atoms with van der Waals surface area (Å²) < 4.78 is 55.7. The number of fused-ring (bicyclic) bond motifs is 2. The van der Waals surface area contributed by atoms with Gasteiger partial charge >= 0.3 is 0 Å². The first-order valence-electron chi connectivity index (χ1n) is 12.3. The van der Waals surface area contributed by atoms with Crippen molar-refractivity contribution in [2.45, 2.75) is 42.8 Å². The highest BCUT2D eigenvalue weighted by molar-refractivity contribution is 7.86. The van der Waals surface area contributed by atoms with Gasteiger partial charge in [-0.05, 0) is 31.2 Å². The Bertz CT molecular complexity index is 1630. The quantitative estimate of drug-likeness (QED) is 0.312. The van der Waals surface area contributed by atoms with Gasteiger partial charge in [0.1, 0.15) is 24.6 Å². The smallest absolute Gasteiger partial charge is 0.297 e. The molecule has 208 valence electrons. The van der Waals surface area contributed by atoms with E-state index in [1.165, 1.54) is 31.9 Å². The summed E-state index contributed by atoms with van der Waals surface area (Å²) in [6.45, 7) is 0.550. The molecule has 5 atom stereocenters. The Morgan fingerprint density at radius 2 is 1.75 bits per heavy atom. The third-order valence-corrected chi connectivity index (χ3v) is 7.91. The van der Waals surface area contributed by atoms with Crippen LogP contribution >= 0.6 is 0 Å². The van der Waals surface area contributed by atoms with E-state index in [2.05, 4.69) is 20.3 Å². The minimum atomic E-state index is -4.05. The van der Waals surface area contributed by atoms with Gasteiger partial charge in [-0.3, -0.25) is 13.5 Å². The molecule has 2 aromatic carbocycles. The molecule has 2 saturated heterocycles. The van der Waals surface area contributed by atoms with Crippen molar-refractivity contribution in [1.82, 2.24) is 19.5 Å². The largest absolute Gasteiger partial charge is 0.347 e. The number of hydrogen-bond donors (Lipinski definition) is 1. The molecule has 14 heteroatoms. The summed E-state index contributed by atoms with van der Waals surface area (Å²) in [4.78, 5) is 25.7. The zero-order chi connectivity index (χ0) is 27.9. The average molecular weight is 568 g/mol. The van der Waals surface area contributed by atoms with Gasteiger partial charge in [-0.1, -0.05) is 35.9 Å². The number of methoxy groups -OCH3 is 1. The molecule has 0 radical (unpaired) electrons. The number of carbonyl (C=O) groups is 1. The zero-order valence-electron chi connectivity index (χ0n) is 21.4. The van der Waals surface area contributed by atoms with Crippen LogP contribution in [0.5, 0.6) is 0 Å². The van der Waals surface area contributed by atoms with Crippen molar-refractivity contribution in [3.63, 3.8) is 0 Å². The Balaban J connectivity index is 1.25. The molecule has 0 spiro atoms. The van der Waals surface area contributed by atoms with E-state index in [-0.39, 0.29) is 23.2 Å². The predicted octanol–water partition coefficient (Wildman–Crippen LogP) is 2.40. The number of anilines is 1. The molecule has 2 aromatic heterocycles. The monoisotopic (exact) mass is 567 g/mol. The first kappa shape index (κ1) is 26.4. The number of nitrogens with zero attached hydrogens (tertiary/aromatic N) is 4. The number of amides is 1. The second kappa shape index (κ2) is 10.6. The number of aromatic nitrogens is 4. The SMILES string of the molecule is COC1O[C@@H]2[C@H](O1)[C@@H](COS(=O)(=O)c1ccc(C)cc1)O[C@H]2n1cnc2c(NC(=O)c3ccccc3)ncnc21. The standard InChI is InChI=1S/C26H25N5O8S/c1-15-8-10-17(11-9-15)40(33,34)36-12-18-20-21(39-26(35-2)38-20)25(37-18)31-14-29-19-22(27-13-28-23(19)31)30-24(32)16-6-4-3-5-7-16/h3-11,13-14,18,20-21,25-26H,12H2,1-2H3,(H,27,28,30,32)/t18-,20-,21-,25-,26?/m1/s1. The number of rotatable bonds is 8. The van der Waals surface area contributed by atoms with Crippen LogP contribution in [0.25, 0.3) is 11.2 Å². The Hall–Kier alpha value is -3.79. The molecule has 6 rings (SSSR count). The Morgan fingerprint density at radius 1 is 1.00 bits per heavy atom. The maximum absolute atomic E-state index is 12.8. The van der Waals surface area contributed by atoms with Crippen molar-refractivity contribution in [3.05, 3.63) is 78.4 Å². The summed E-state index contributed by atoms with van der Waals surface area (Å²) in [7, 11) is -2.62. The van der Waals surface area contributed by atoms with Gasteiger partial charge in [0.25, 0.3) is 22.5 Å². The molecule has 0 bridgehead atoms. The summed E-state index contributed by atoms with van der Waals surface area (Å²) in [5.74, 6) is -0.135. The Labute approximate surface area is 229 Å². The molecule has 13 nitrogen and oxygen atoms in total. The molecular formula is C26H25N5O8S. The molecule has 1 amide bonds. The molecule has 2 fully saturated rings. The first-order valence-corrected chi connectivity index (χ1v) is 13.7. The minimum absolute atomic E-state index is 0.0324. The van der Waals surface area contributed by atoms with Crippen LogP contribution in [0.3, 0.4) is 0 Å². The van der Waals surface area contributed by atoms with Gasteiger partial charge in [0.05, 0.1) is 17.8 Å². The van der Waals surface area contributed by atoms with E-state index in [0.29, 0.717) is 16.7 Å². The second-order valence-corrected chi connectivity index (χ2v) is 10.8. The Kier molecular flexibility index (Phi) is 7.04. The fraction of sp³-hybridized carbons (Fsp3) is 0.308. The number of ether oxygens (including phenoxy) is 4. The molecule has 1 N–H and O–H groups in total. The van der Waals surface area contributed by atoms with Gasteiger partial charge in [-0.2, -0.15) is 8.42 Å². The number of carbonyl (C=O) groups excluding carboxylic acids is 1. The molecule has 4 aromatic rings. The van der Waals surface area contributed by atoms with Gasteiger partial charge in [-0.25, -0.2) is 15.0 Å². The fourth-order valence-corrected chi connectivity index (χ4v) is 5.52. The van der Waals surface area contributed by atoms with Crippen molar-refractivity contribution >= 4 is 33.0 Å². The van der Waals surface area contributed by atoms with Gasteiger partial charge in [0, 0.05) is 12.7 Å². The van der Waals surface area contributed by atoms with Crippen molar-refractivity contribution in [1.29, 1.82) is 0 Å². The van der Waals surface area contributed by atoms with Gasteiger partial charge in [0.2, 0.25) is 0 Å². The number of nitrogens with one attached hydrogen (secondary N) is 1. The van der Waals surface area contributed by atoms with Crippen molar-refractivity contribution in [3.8, 4) is 0 Å². The van der Waals surface area contributed by atoms with E-state index in [9.17, 15) is 13.2 Å². The van der Waals surface area contributed by atoms with Crippen LogP contribution in [0.15, 0.2) is 72.1 Å². The van der Waals surface area contributed by atoms with Crippen LogP contribution in [0, 0.1) is 6.92 Å². The third kappa shape index (κ3) is 4.96. The summed E-state index contributed by atoms with van der Waals surface area (Å²) in [5.41, 5.74) is 2.07.